The van der Waals surface area contributed by atoms with Crippen LogP contribution in [0.25, 0.3) is 72.7 Å². The third-order valence-corrected chi connectivity index (χ3v) is 9.60. The fourth-order valence-corrected chi connectivity index (χ4v) is 6.64. The van der Waals surface area contributed by atoms with Crippen LogP contribution in [0, 0.1) is 13.0 Å². The number of rotatable bonds is 7. The number of imidazole rings is 1. The van der Waals surface area contributed by atoms with Gasteiger partial charge in [0.15, 0.2) is 0 Å². The Kier molecular flexibility index (Phi) is 8.01. The predicted molar refractivity (Wildman–Crippen MR) is 224 cm³/mol. The van der Waals surface area contributed by atoms with Gasteiger partial charge < -0.3 is 5.11 Å². The normalized spacial score (nSPS) is 13.8. The molecule has 2 heterocycles. The van der Waals surface area contributed by atoms with E-state index in [2.05, 4.69) is 11.1 Å². The number of phenolic OH excluding ortho intramolecular Hbond substituents is 1. The fourth-order valence-electron chi connectivity index (χ4n) is 6.64. The molecule has 8 rings (SSSR count). The summed E-state index contributed by atoms with van der Waals surface area (Å²) in [6.45, 7) is 11.3. The topological polar surface area (TPSA) is 50.9 Å². The number of hydrogen-bond acceptors (Lipinski definition) is 3. The van der Waals surface area contributed by atoms with E-state index in [1.165, 1.54) is 6.92 Å². The first-order valence-corrected chi connectivity index (χ1v) is 17.9. The van der Waals surface area contributed by atoms with E-state index in [0.29, 0.717) is 33.6 Å². The number of benzene rings is 6. The summed E-state index contributed by atoms with van der Waals surface area (Å²) in [6.07, 6.45) is -0.484. The van der Waals surface area contributed by atoms with Gasteiger partial charge in [0.25, 0.3) is 0 Å². The molecule has 0 unspecified atom stereocenters. The second kappa shape index (κ2) is 15.3. The minimum atomic E-state index is -0.878. The van der Waals surface area contributed by atoms with Gasteiger partial charge >= 0.3 is 0 Å². The van der Waals surface area contributed by atoms with E-state index >= 15 is 0 Å². The van der Waals surface area contributed by atoms with E-state index in [0.717, 1.165) is 33.5 Å². The van der Waals surface area contributed by atoms with Crippen LogP contribution < -0.4 is 0 Å². The van der Waals surface area contributed by atoms with Crippen molar-refractivity contribution in [1.29, 1.82) is 0 Å². The molecule has 0 saturated heterocycles. The molecule has 0 radical (unpaired) electrons. The number of aromatic nitrogens is 3. The van der Waals surface area contributed by atoms with E-state index in [9.17, 15) is 6.48 Å². The van der Waals surface area contributed by atoms with Crippen molar-refractivity contribution < 1.29 is 37.1 Å². The molecule has 4 nitrogen and oxygen atoms in total. The number of hydrogen-bond donors (Lipinski definition) is 1. The molecule has 6 aromatic carbocycles. The molecule has 8 aromatic rings. The first-order chi connectivity index (χ1) is 29.3. The van der Waals surface area contributed by atoms with E-state index in [-0.39, 0.29) is 67.3 Å². The van der Waals surface area contributed by atoms with Crippen molar-refractivity contribution in [1.82, 2.24) is 14.5 Å². The zero-order chi connectivity index (χ0) is 44.6. The predicted octanol–water partition coefficient (Wildman–Crippen LogP) is 13.0. The van der Waals surface area contributed by atoms with E-state index in [4.69, 9.17) is 14.6 Å². The van der Waals surface area contributed by atoms with Gasteiger partial charge in [0, 0.05) is 39.9 Å². The fraction of sp³-hybridized carbons (Fsp3) is 0.160. The maximum absolute atomic E-state index is 11.3. The Bertz CT molecular complexity index is 3070. The van der Waals surface area contributed by atoms with Crippen molar-refractivity contribution in [2.75, 3.05) is 0 Å². The van der Waals surface area contributed by atoms with Crippen LogP contribution in [-0.4, -0.2) is 19.6 Å². The summed E-state index contributed by atoms with van der Waals surface area (Å²) in [5.41, 5.74) is 6.99. The van der Waals surface area contributed by atoms with E-state index < -0.39 is 35.6 Å². The number of nitrogens with zero attached hydrogens (tertiary/aromatic N) is 3. The van der Waals surface area contributed by atoms with Gasteiger partial charge in [-0.25, -0.2) is 4.98 Å². The Morgan fingerprint density at radius 3 is 2.18 bits per heavy atom. The summed E-state index contributed by atoms with van der Waals surface area (Å²) in [6, 6.07) is 34.0. The van der Waals surface area contributed by atoms with Gasteiger partial charge in [-0.15, -0.1) is 29.3 Å². The Morgan fingerprint density at radius 1 is 0.745 bits per heavy atom. The van der Waals surface area contributed by atoms with Gasteiger partial charge in [0.1, 0.15) is 11.6 Å². The molecular weight excluding hydrogens is 854 g/mol. The molecule has 1 N–H and O–H groups in total. The first-order valence-electron chi connectivity index (χ1n) is 21.9. The Morgan fingerprint density at radius 2 is 1.45 bits per heavy atom. The number of para-hydroxylation sites is 2. The van der Waals surface area contributed by atoms with Crippen molar-refractivity contribution in [2.24, 2.45) is 0 Å². The average molecular weight is 906 g/mol. The zero-order valence-electron chi connectivity index (χ0n) is 39.4. The molecule has 55 heavy (non-hydrogen) atoms. The van der Waals surface area contributed by atoms with Gasteiger partial charge in [-0.1, -0.05) is 142 Å². The summed E-state index contributed by atoms with van der Waals surface area (Å²) in [4.78, 5) is 9.72. The summed E-state index contributed by atoms with van der Waals surface area (Å²) in [5, 5.41) is 11.3. The molecule has 0 spiro atoms. The van der Waals surface area contributed by atoms with Gasteiger partial charge in [-0.05, 0) is 76.9 Å². The number of pyridine rings is 1. The zero-order valence-corrected chi connectivity index (χ0v) is 33.7. The molecule has 2 aromatic heterocycles. The number of phenols is 1. The van der Waals surface area contributed by atoms with Crippen molar-refractivity contribution in [3.8, 4) is 67.5 Å². The van der Waals surface area contributed by atoms with Crippen LogP contribution in [-0.2, 0) is 26.5 Å². The van der Waals surface area contributed by atoms with Crippen LogP contribution in [0.1, 0.15) is 68.2 Å². The van der Waals surface area contributed by atoms with Gasteiger partial charge in [0.2, 0.25) is 0 Å². The standard InChI is InChI=1S/C50H44N3O.Pt/c1-32(2)36-23-24-45(43(30-36)35-13-8-7-9-14-35)53-46-17-12-16-41(48(46)52-49(53)42-15-10-11-18-47(42)54)38-27-39(29-40(28-38)50(4,5)6)44-31-37(25-26-51-44)34-21-19-33(3)20-22-34;/h7-26,28-32,54H,1-6H3;/q-1;/i19D,20D,21D,22D,25D,26D,31D,32D;. The van der Waals surface area contributed by atoms with Crippen molar-refractivity contribution in [3.05, 3.63) is 168 Å². The smallest absolute Gasteiger partial charge is 0.148 e. The molecule has 0 aliphatic carbocycles. The second-order valence-electron chi connectivity index (χ2n) is 14.7. The molecule has 276 valence electrons. The Labute approximate surface area is 350 Å². The third kappa shape index (κ3) is 7.44. The molecule has 5 heteroatoms. The summed E-state index contributed by atoms with van der Waals surface area (Å²) >= 11 is 0. The molecular formula is C50H44N3OPt-. The maximum Gasteiger partial charge on any atom is 0.148 e. The Hall–Kier alpha value is -5.57. The second-order valence-corrected chi connectivity index (χ2v) is 14.7. The minimum absolute atomic E-state index is 0. The third-order valence-electron chi connectivity index (χ3n) is 9.60. The molecule has 0 saturated carbocycles. The van der Waals surface area contributed by atoms with E-state index in [1.807, 2.05) is 130 Å². The van der Waals surface area contributed by atoms with Crippen molar-refractivity contribution in [2.45, 2.75) is 52.9 Å². The van der Waals surface area contributed by atoms with Crippen LogP contribution in [0.2, 0.25) is 0 Å². The summed E-state index contributed by atoms with van der Waals surface area (Å²) < 4.78 is 72.4. The average Bonchev–Trinajstić information content (AvgIpc) is 3.63. The minimum Gasteiger partial charge on any atom is -0.507 e. The van der Waals surface area contributed by atoms with Crippen molar-refractivity contribution in [3.63, 3.8) is 0 Å². The van der Waals surface area contributed by atoms with Crippen LogP contribution >= 0.6 is 0 Å². The summed E-state index contributed by atoms with van der Waals surface area (Å²) in [7, 11) is 0. The quantitative estimate of drug-likeness (QED) is 0.162. The summed E-state index contributed by atoms with van der Waals surface area (Å²) in [5.74, 6) is -0.351. The molecule has 0 aliphatic rings. The number of aromatic hydroxyl groups is 1. The van der Waals surface area contributed by atoms with Crippen LogP contribution in [0.15, 0.2) is 146 Å². The molecule has 0 fully saturated rings. The SMILES string of the molecule is [2H]c1nc(-c2[c-]c(-c3cccc4c3nc(-c3ccccc3O)n4-c3ccc(C([2H])(C)C)cc3-c3ccccc3)cc(C(C)(C)C)c2)c([2H])c(-c2c([2H])c([2H])c(C)c([2H])c2[2H])c1[2H].[Pt]. The van der Waals surface area contributed by atoms with Crippen LogP contribution in [0.3, 0.4) is 0 Å². The van der Waals surface area contributed by atoms with Gasteiger partial charge in [0.05, 0.1) is 31.9 Å². The molecule has 0 aliphatic heterocycles. The molecule has 0 bridgehead atoms. The monoisotopic (exact) mass is 905 g/mol. The van der Waals surface area contributed by atoms with Crippen LogP contribution in [0.4, 0.5) is 0 Å². The Balaban J connectivity index is 0.00000595. The number of fused-ring (bicyclic) bond motifs is 1. The largest absolute Gasteiger partial charge is 0.507 e. The van der Waals surface area contributed by atoms with Crippen molar-refractivity contribution >= 4 is 11.0 Å². The van der Waals surface area contributed by atoms with Gasteiger partial charge in [-0.2, -0.15) is 0 Å². The van der Waals surface area contributed by atoms with Gasteiger partial charge in [-0.3, -0.25) is 9.55 Å². The molecule has 0 amide bonds. The van der Waals surface area contributed by atoms with Crippen LogP contribution in [0.5, 0.6) is 5.75 Å². The van der Waals surface area contributed by atoms with E-state index in [1.54, 1.807) is 12.1 Å². The first kappa shape index (κ1) is 28.8. The maximum atomic E-state index is 11.3. The molecule has 0 atom stereocenters.